The topological polar surface area (TPSA) is 12.5 Å². The average molecular weight is 311 g/mol. The van der Waals surface area contributed by atoms with Gasteiger partial charge in [0, 0.05) is 22.7 Å². The maximum absolute atomic E-state index is 6.08. The Labute approximate surface area is 136 Å². The fraction of sp³-hybridized carbons (Fsp3) is 0.263. The highest BCUT2D eigenvalue weighted by atomic mass is 32.1. The molecule has 1 atom stereocenters. The number of thiophene rings is 1. The Kier molecular flexibility index (Phi) is 4.76. The van der Waals surface area contributed by atoms with Crippen molar-refractivity contribution in [2.45, 2.75) is 12.5 Å². The van der Waals surface area contributed by atoms with Gasteiger partial charge in [-0.05, 0) is 37.0 Å². The van der Waals surface area contributed by atoms with Crippen LogP contribution in [0.25, 0.3) is 10.8 Å². The first-order valence-electron chi connectivity index (χ1n) is 7.56. The van der Waals surface area contributed by atoms with E-state index in [2.05, 4.69) is 79.0 Å². The van der Waals surface area contributed by atoms with E-state index in [4.69, 9.17) is 4.74 Å². The molecule has 0 N–H and O–H groups in total. The number of benzene rings is 2. The highest BCUT2D eigenvalue weighted by Crippen LogP contribution is 2.28. The lowest BCUT2D eigenvalue weighted by molar-refractivity contribution is 0.227. The van der Waals surface area contributed by atoms with Crippen molar-refractivity contribution in [1.29, 1.82) is 0 Å². The maximum Gasteiger partial charge on any atom is 0.127 e. The van der Waals surface area contributed by atoms with Crippen molar-refractivity contribution < 1.29 is 4.74 Å². The van der Waals surface area contributed by atoms with Gasteiger partial charge in [-0.2, -0.15) is 0 Å². The van der Waals surface area contributed by atoms with E-state index in [1.165, 1.54) is 15.6 Å². The lowest BCUT2D eigenvalue weighted by Gasteiger charge is -2.23. The largest absolute Gasteiger partial charge is 0.493 e. The minimum atomic E-state index is 0.412. The van der Waals surface area contributed by atoms with Gasteiger partial charge in [0.05, 0.1) is 6.61 Å². The summed E-state index contributed by atoms with van der Waals surface area (Å²) in [4.78, 5) is 3.66. The van der Waals surface area contributed by atoms with Crippen molar-refractivity contribution in [3.63, 3.8) is 0 Å². The fourth-order valence-electron chi connectivity index (χ4n) is 2.74. The van der Waals surface area contributed by atoms with Gasteiger partial charge in [0.2, 0.25) is 0 Å². The molecular formula is C19H21NOS. The van der Waals surface area contributed by atoms with Crippen LogP contribution in [0, 0.1) is 0 Å². The van der Waals surface area contributed by atoms with Crippen LogP contribution in [0.5, 0.6) is 5.75 Å². The summed E-state index contributed by atoms with van der Waals surface area (Å²) in [5.41, 5.74) is 0. The zero-order valence-electron chi connectivity index (χ0n) is 13.0. The Morgan fingerprint density at radius 3 is 2.59 bits per heavy atom. The van der Waals surface area contributed by atoms with Crippen LogP contribution in [-0.4, -0.2) is 25.6 Å². The van der Waals surface area contributed by atoms with Crippen LogP contribution < -0.4 is 4.74 Å². The van der Waals surface area contributed by atoms with Gasteiger partial charge in [0.25, 0.3) is 0 Å². The summed E-state index contributed by atoms with van der Waals surface area (Å²) in [5, 5.41) is 4.54. The normalized spacial score (nSPS) is 12.7. The third-order valence-corrected chi connectivity index (χ3v) is 4.87. The van der Waals surface area contributed by atoms with E-state index < -0.39 is 0 Å². The summed E-state index contributed by atoms with van der Waals surface area (Å²) in [5.74, 6) is 0.974. The van der Waals surface area contributed by atoms with Crippen LogP contribution >= 0.6 is 11.3 Å². The standard InChI is InChI=1S/C19H21NOS/c1-20(2)17(19-11-6-14-22-19)12-13-21-18-10-5-8-15-7-3-4-9-16(15)18/h3-11,14,17H,12-13H2,1-2H3/t17-/m0/s1. The average Bonchev–Trinajstić information content (AvgIpc) is 3.05. The van der Waals surface area contributed by atoms with Crippen LogP contribution in [0.15, 0.2) is 60.0 Å². The van der Waals surface area contributed by atoms with Gasteiger partial charge in [-0.15, -0.1) is 11.3 Å². The van der Waals surface area contributed by atoms with Crippen LogP contribution in [0.3, 0.4) is 0 Å². The summed E-state index contributed by atoms with van der Waals surface area (Å²) < 4.78 is 6.08. The summed E-state index contributed by atoms with van der Waals surface area (Å²) in [6, 6.07) is 19.3. The van der Waals surface area contributed by atoms with Gasteiger partial charge >= 0.3 is 0 Å². The number of hydrogen-bond donors (Lipinski definition) is 0. The zero-order valence-corrected chi connectivity index (χ0v) is 13.8. The van der Waals surface area contributed by atoms with Gasteiger partial charge in [-0.1, -0.05) is 42.5 Å². The molecule has 0 aliphatic heterocycles. The van der Waals surface area contributed by atoms with E-state index in [-0.39, 0.29) is 0 Å². The van der Waals surface area contributed by atoms with Gasteiger partial charge in [0.1, 0.15) is 5.75 Å². The van der Waals surface area contributed by atoms with Gasteiger partial charge < -0.3 is 9.64 Å². The molecule has 0 amide bonds. The van der Waals surface area contributed by atoms with E-state index in [1.54, 1.807) is 0 Å². The molecule has 0 unspecified atom stereocenters. The van der Waals surface area contributed by atoms with E-state index in [9.17, 15) is 0 Å². The Hall–Kier alpha value is -1.84. The molecule has 0 radical (unpaired) electrons. The van der Waals surface area contributed by atoms with Gasteiger partial charge in [0.15, 0.2) is 0 Å². The Morgan fingerprint density at radius 1 is 1.00 bits per heavy atom. The van der Waals surface area contributed by atoms with Crippen LogP contribution in [0.2, 0.25) is 0 Å². The second-order valence-corrected chi connectivity index (χ2v) is 6.59. The molecule has 0 aliphatic rings. The van der Waals surface area contributed by atoms with E-state index >= 15 is 0 Å². The maximum atomic E-state index is 6.08. The number of fused-ring (bicyclic) bond motifs is 1. The molecule has 0 saturated carbocycles. The number of nitrogens with zero attached hydrogens (tertiary/aromatic N) is 1. The third-order valence-electron chi connectivity index (χ3n) is 3.89. The summed E-state index contributed by atoms with van der Waals surface area (Å²) >= 11 is 1.81. The minimum absolute atomic E-state index is 0.412. The molecule has 22 heavy (non-hydrogen) atoms. The molecule has 0 saturated heterocycles. The first-order valence-corrected chi connectivity index (χ1v) is 8.44. The molecule has 1 heterocycles. The van der Waals surface area contributed by atoms with Crippen molar-refractivity contribution in [3.05, 3.63) is 64.9 Å². The number of ether oxygens (including phenoxy) is 1. The van der Waals surface area contributed by atoms with Crippen molar-refractivity contribution in [2.75, 3.05) is 20.7 Å². The first kappa shape index (κ1) is 15.1. The second-order valence-electron chi connectivity index (χ2n) is 5.61. The van der Waals surface area contributed by atoms with Crippen LogP contribution in [0.1, 0.15) is 17.3 Å². The third kappa shape index (κ3) is 3.32. The predicted octanol–water partition coefficient (Wildman–Crippen LogP) is 4.97. The van der Waals surface area contributed by atoms with E-state index in [1.807, 2.05) is 11.3 Å². The molecule has 0 aliphatic carbocycles. The lowest BCUT2D eigenvalue weighted by Crippen LogP contribution is -2.21. The van der Waals surface area contributed by atoms with Gasteiger partial charge in [-0.25, -0.2) is 0 Å². The summed E-state index contributed by atoms with van der Waals surface area (Å²) in [6.07, 6.45) is 0.983. The first-order chi connectivity index (χ1) is 10.8. The smallest absolute Gasteiger partial charge is 0.127 e. The van der Waals surface area contributed by atoms with Crippen molar-refractivity contribution in [2.24, 2.45) is 0 Å². The van der Waals surface area contributed by atoms with E-state index in [0.717, 1.165) is 18.8 Å². The Morgan fingerprint density at radius 2 is 1.82 bits per heavy atom. The zero-order chi connectivity index (χ0) is 15.4. The SMILES string of the molecule is CN(C)[C@@H](CCOc1cccc2ccccc12)c1cccs1. The number of rotatable bonds is 6. The molecule has 3 heteroatoms. The molecule has 0 fully saturated rings. The van der Waals surface area contributed by atoms with Crippen molar-refractivity contribution in [3.8, 4) is 5.75 Å². The Bertz CT molecular complexity index is 716. The molecule has 2 nitrogen and oxygen atoms in total. The molecule has 3 rings (SSSR count). The monoisotopic (exact) mass is 311 g/mol. The lowest BCUT2D eigenvalue weighted by atomic mass is 10.1. The second kappa shape index (κ2) is 6.95. The predicted molar refractivity (Wildman–Crippen MR) is 94.8 cm³/mol. The fourth-order valence-corrected chi connectivity index (χ4v) is 3.70. The van der Waals surface area contributed by atoms with Gasteiger partial charge in [-0.3, -0.25) is 0 Å². The molecule has 0 bridgehead atoms. The van der Waals surface area contributed by atoms with Crippen LogP contribution in [-0.2, 0) is 0 Å². The molecule has 2 aromatic carbocycles. The highest BCUT2D eigenvalue weighted by molar-refractivity contribution is 7.10. The molecule has 3 aromatic rings. The molecule has 114 valence electrons. The number of hydrogen-bond acceptors (Lipinski definition) is 3. The van der Waals surface area contributed by atoms with Crippen molar-refractivity contribution >= 4 is 22.1 Å². The molecular weight excluding hydrogens is 290 g/mol. The summed E-state index contributed by atoms with van der Waals surface area (Å²) in [7, 11) is 4.25. The quantitative estimate of drug-likeness (QED) is 0.637. The Balaban J connectivity index is 1.69. The van der Waals surface area contributed by atoms with Crippen molar-refractivity contribution in [1.82, 2.24) is 4.90 Å². The van der Waals surface area contributed by atoms with Crippen LogP contribution in [0.4, 0.5) is 0 Å². The van der Waals surface area contributed by atoms with E-state index in [0.29, 0.717) is 6.04 Å². The molecule has 1 aromatic heterocycles. The molecule has 0 spiro atoms. The highest BCUT2D eigenvalue weighted by Gasteiger charge is 2.15. The minimum Gasteiger partial charge on any atom is -0.493 e. The summed E-state index contributed by atoms with van der Waals surface area (Å²) in [6.45, 7) is 0.717.